The molecule has 0 radical (unpaired) electrons. The number of rotatable bonds is 3. The summed E-state index contributed by atoms with van der Waals surface area (Å²) in [4.78, 5) is 11.4. The molecule has 0 N–H and O–H groups in total. The lowest BCUT2D eigenvalue weighted by Crippen LogP contribution is -2.19. The van der Waals surface area contributed by atoms with E-state index in [1.165, 1.54) is 12.1 Å². The van der Waals surface area contributed by atoms with Gasteiger partial charge in [-0.1, -0.05) is 6.07 Å². The lowest BCUT2D eigenvalue weighted by Gasteiger charge is -2.13. The van der Waals surface area contributed by atoms with E-state index in [1.807, 2.05) is 0 Å². The minimum absolute atomic E-state index is 0.0902. The Labute approximate surface area is 99.8 Å². The summed E-state index contributed by atoms with van der Waals surface area (Å²) in [6.45, 7) is 0. The van der Waals surface area contributed by atoms with Crippen LogP contribution < -0.4 is 4.74 Å². The summed E-state index contributed by atoms with van der Waals surface area (Å²) in [6, 6.07) is 3.72. The van der Waals surface area contributed by atoms with Crippen molar-refractivity contribution in [2.24, 2.45) is 0 Å². The van der Waals surface area contributed by atoms with Crippen LogP contribution in [-0.4, -0.2) is 18.0 Å². The number of hydrogen-bond acceptors (Lipinski definition) is 3. The number of hydrogen-bond donors (Lipinski definition) is 1. The van der Waals surface area contributed by atoms with E-state index < -0.39 is 23.8 Å². The Morgan fingerprint density at radius 2 is 2.06 bits per heavy atom. The molecule has 7 heteroatoms. The molecule has 0 saturated carbocycles. The number of carbonyl (C=O) groups excluding carboxylic acids is 1. The zero-order valence-corrected chi connectivity index (χ0v) is 9.37. The maximum absolute atomic E-state index is 12.0. The van der Waals surface area contributed by atoms with Gasteiger partial charge in [0.1, 0.15) is 5.75 Å². The molecule has 1 rings (SSSR count). The first-order valence-corrected chi connectivity index (χ1v) is 5.00. The Morgan fingerprint density at radius 3 is 2.56 bits per heavy atom. The molecule has 0 aromatic heterocycles. The molecule has 1 aromatic rings. The van der Waals surface area contributed by atoms with Gasteiger partial charge in [0.05, 0.1) is 11.4 Å². The van der Waals surface area contributed by atoms with Crippen LogP contribution in [0.1, 0.15) is 10.4 Å². The van der Waals surface area contributed by atoms with Crippen LogP contribution >= 0.6 is 24.2 Å². The minimum Gasteiger partial charge on any atom is -0.405 e. The molecular formula is C9H6ClF3O2S. The van der Waals surface area contributed by atoms with Crippen molar-refractivity contribution < 1.29 is 22.7 Å². The standard InChI is InChI=1S/C9H6ClF3O2S/c10-4-5(14)8-6(15-9(11,12)13)2-1-3-7(8)16/h1-3,16H,4H2. The van der Waals surface area contributed by atoms with Gasteiger partial charge in [-0.25, -0.2) is 0 Å². The van der Waals surface area contributed by atoms with E-state index in [0.717, 1.165) is 6.07 Å². The normalized spacial score (nSPS) is 11.3. The van der Waals surface area contributed by atoms with Crippen molar-refractivity contribution in [2.75, 3.05) is 5.88 Å². The first kappa shape index (κ1) is 13.2. The number of alkyl halides is 4. The molecule has 0 saturated heterocycles. The number of carbonyl (C=O) groups is 1. The molecule has 0 aliphatic carbocycles. The smallest absolute Gasteiger partial charge is 0.405 e. The van der Waals surface area contributed by atoms with Gasteiger partial charge in [0, 0.05) is 4.90 Å². The quantitative estimate of drug-likeness (QED) is 0.518. The first-order chi connectivity index (χ1) is 7.35. The van der Waals surface area contributed by atoms with Crippen LogP contribution in [0.3, 0.4) is 0 Å². The highest BCUT2D eigenvalue weighted by Gasteiger charge is 2.33. The third-order valence-corrected chi connectivity index (χ3v) is 2.25. The molecule has 0 atom stereocenters. The van der Waals surface area contributed by atoms with Gasteiger partial charge in [-0.05, 0) is 12.1 Å². The highest BCUT2D eigenvalue weighted by Crippen LogP contribution is 2.30. The predicted octanol–water partition coefficient (Wildman–Crippen LogP) is 3.30. The molecule has 0 aliphatic rings. The molecule has 0 bridgehead atoms. The molecule has 0 heterocycles. The van der Waals surface area contributed by atoms with Gasteiger partial charge in [-0.15, -0.1) is 37.4 Å². The summed E-state index contributed by atoms with van der Waals surface area (Å²) in [6.07, 6.45) is -4.86. The zero-order valence-electron chi connectivity index (χ0n) is 7.71. The Morgan fingerprint density at radius 1 is 1.44 bits per heavy atom. The van der Waals surface area contributed by atoms with Gasteiger partial charge in [0.25, 0.3) is 0 Å². The van der Waals surface area contributed by atoms with Crippen molar-refractivity contribution in [1.82, 2.24) is 0 Å². The van der Waals surface area contributed by atoms with Crippen LogP contribution in [0.4, 0.5) is 13.2 Å². The van der Waals surface area contributed by atoms with Gasteiger partial charge in [0.2, 0.25) is 0 Å². The average Bonchev–Trinajstić information content (AvgIpc) is 2.14. The van der Waals surface area contributed by atoms with E-state index in [0.29, 0.717) is 0 Å². The number of benzene rings is 1. The summed E-state index contributed by atoms with van der Waals surface area (Å²) in [5, 5.41) is 0. The fourth-order valence-electron chi connectivity index (χ4n) is 1.08. The van der Waals surface area contributed by atoms with Gasteiger partial charge in [-0.2, -0.15) is 0 Å². The van der Waals surface area contributed by atoms with Crippen LogP contribution in [0.25, 0.3) is 0 Å². The molecule has 2 nitrogen and oxygen atoms in total. The predicted molar refractivity (Wildman–Crippen MR) is 55.4 cm³/mol. The van der Waals surface area contributed by atoms with Gasteiger partial charge in [-0.3, -0.25) is 4.79 Å². The maximum Gasteiger partial charge on any atom is 0.573 e. The average molecular weight is 271 g/mol. The highest BCUT2D eigenvalue weighted by molar-refractivity contribution is 7.80. The van der Waals surface area contributed by atoms with Crippen LogP contribution in [0.15, 0.2) is 23.1 Å². The second-order valence-electron chi connectivity index (χ2n) is 2.75. The van der Waals surface area contributed by atoms with Crippen LogP contribution in [0, 0.1) is 0 Å². The summed E-state index contributed by atoms with van der Waals surface area (Å²) >= 11 is 9.17. The van der Waals surface area contributed by atoms with E-state index in [9.17, 15) is 18.0 Å². The molecule has 0 aliphatic heterocycles. The van der Waals surface area contributed by atoms with E-state index in [4.69, 9.17) is 11.6 Å². The summed E-state index contributed by atoms with van der Waals surface area (Å²) in [7, 11) is 0. The summed E-state index contributed by atoms with van der Waals surface area (Å²) in [5.74, 6) is -1.71. The molecule has 0 amide bonds. The number of ketones is 1. The Bertz CT molecular complexity index is 406. The highest BCUT2D eigenvalue weighted by atomic mass is 35.5. The second-order valence-corrected chi connectivity index (χ2v) is 3.50. The lowest BCUT2D eigenvalue weighted by atomic mass is 10.1. The molecule has 0 spiro atoms. The summed E-state index contributed by atoms with van der Waals surface area (Å²) in [5.41, 5.74) is -0.266. The van der Waals surface area contributed by atoms with E-state index in [-0.39, 0.29) is 10.5 Å². The molecule has 16 heavy (non-hydrogen) atoms. The third-order valence-electron chi connectivity index (χ3n) is 1.63. The van der Waals surface area contributed by atoms with Crippen LogP contribution in [-0.2, 0) is 0 Å². The number of ether oxygens (including phenoxy) is 1. The van der Waals surface area contributed by atoms with Crippen molar-refractivity contribution in [2.45, 2.75) is 11.3 Å². The molecular weight excluding hydrogens is 265 g/mol. The lowest BCUT2D eigenvalue weighted by molar-refractivity contribution is -0.274. The SMILES string of the molecule is O=C(CCl)c1c(S)cccc1OC(F)(F)F. The number of Topliss-reactive ketones (excluding diaryl/α,β-unsaturated/α-hetero) is 1. The van der Waals surface area contributed by atoms with Crippen molar-refractivity contribution in [3.63, 3.8) is 0 Å². The fraction of sp³-hybridized carbons (Fsp3) is 0.222. The van der Waals surface area contributed by atoms with Gasteiger partial charge >= 0.3 is 6.36 Å². The number of halogens is 4. The Balaban J connectivity index is 3.18. The maximum atomic E-state index is 12.0. The van der Waals surface area contributed by atoms with Crippen LogP contribution in [0.2, 0.25) is 0 Å². The third kappa shape index (κ3) is 3.31. The van der Waals surface area contributed by atoms with Gasteiger partial charge < -0.3 is 4.74 Å². The van der Waals surface area contributed by atoms with Crippen molar-refractivity contribution in [3.05, 3.63) is 23.8 Å². The molecule has 0 fully saturated rings. The Hall–Kier alpha value is -0.880. The minimum atomic E-state index is -4.86. The monoisotopic (exact) mass is 270 g/mol. The molecule has 1 aromatic carbocycles. The second kappa shape index (κ2) is 4.97. The van der Waals surface area contributed by atoms with E-state index >= 15 is 0 Å². The molecule has 0 unspecified atom stereocenters. The van der Waals surface area contributed by atoms with Crippen molar-refractivity contribution in [3.8, 4) is 5.75 Å². The zero-order chi connectivity index (χ0) is 12.3. The largest absolute Gasteiger partial charge is 0.573 e. The number of thiol groups is 1. The van der Waals surface area contributed by atoms with E-state index in [1.54, 1.807) is 0 Å². The first-order valence-electron chi connectivity index (χ1n) is 4.02. The van der Waals surface area contributed by atoms with Crippen molar-refractivity contribution >= 4 is 30.0 Å². The van der Waals surface area contributed by atoms with Gasteiger partial charge in [0.15, 0.2) is 5.78 Å². The Kier molecular flexibility index (Phi) is 4.09. The van der Waals surface area contributed by atoms with Crippen molar-refractivity contribution in [1.29, 1.82) is 0 Å². The topological polar surface area (TPSA) is 26.3 Å². The summed E-state index contributed by atoms with van der Waals surface area (Å²) < 4.78 is 39.8. The van der Waals surface area contributed by atoms with E-state index in [2.05, 4.69) is 17.4 Å². The van der Waals surface area contributed by atoms with Crippen LogP contribution in [0.5, 0.6) is 5.75 Å². The fourth-order valence-corrected chi connectivity index (χ4v) is 1.53. The molecule has 88 valence electrons.